The summed E-state index contributed by atoms with van der Waals surface area (Å²) >= 11 is 0. The molecule has 1 saturated heterocycles. The van der Waals surface area contributed by atoms with Gasteiger partial charge in [0, 0.05) is 31.5 Å². The molecule has 0 aliphatic carbocycles. The number of anilines is 1. The van der Waals surface area contributed by atoms with Gasteiger partial charge in [0.15, 0.2) is 5.82 Å². The van der Waals surface area contributed by atoms with Gasteiger partial charge in [-0.25, -0.2) is 9.50 Å². The van der Waals surface area contributed by atoms with Crippen molar-refractivity contribution in [2.45, 2.75) is 32.2 Å². The van der Waals surface area contributed by atoms with Crippen LogP contribution >= 0.6 is 0 Å². The van der Waals surface area contributed by atoms with Crippen molar-refractivity contribution in [1.29, 1.82) is 0 Å². The molecule has 0 saturated carbocycles. The first kappa shape index (κ1) is 12.4. The highest BCUT2D eigenvalue weighted by molar-refractivity contribution is 5.68. The van der Waals surface area contributed by atoms with Gasteiger partial charge in [-0.3, -0.25) is 0 Å². The Morgan fingerprint density at radius 1 is 1.42 bits per heavy atom. The van der Waals surface area contributed by atoms with E-state index in [1.54, 1.807) is 0 Å². The summed E-state index contributed by atoms with van der Waals surface area (Å²) in [6.45, 7) is 5.44. The van der Waals surface area contributed by atoms with Gasteiger partial charge in [-0.2, -0.15) is 5.10 Å². The van der Waals surface area contributed by atoms with E-state index >= 15 is 0 Å². The molecule has 0 bridgehead atoms. The molecule has 0 spiro atoms. The summed E-state index contributed by atoms with van der Waals surface area (Å²) in [7, 11) is 0. The summed E-state index contributed by atoms with van der Waals surface area (Å²) in [4.78, 5) is 6.94. The van der Waals surface area contributed by atoms with Crippen molar-refractivity contribution in [3.8, 4) is 0 Å². The lowest BCUT2D eigenvalue weighted by atomic mass is 10.1. The number of hydrogen-bond acceptors (Lipinski definition) is 4. The lowest BCUT2D eigenvalue weighted by Crippen LogP contribution is -2.46. The van der Waals surface area contributed by atoms with E-state index < -0.39 is 0 Å². The van der Waals surface area contributed by atoms with Crippen LogP contribution in [-0.2, 0) is 0 Å². The summed E-state index contributed by atoms with van der Waals surface area (Å²) in [6.07, 6.45) is 9.23. The molecule has 19 heavy (non-hydrogen) atoms. The molecule has 5 nitrogen and oxygen atoms in total. The lowest BCUT2D eigenvalue weighted by molar-refractivity contribution is 0.422. The number of aromatic nitrogens is 3. The van der Waals surface area contributed by atoms with Gasteiger partial charge in [0.2, 0.25) is 0 Å². The SMILES string of the molecule is CCCNC1CCCN(c2nccn3nccc23)C1. The second-order valence-electron chi connectivity index (χ2n) is 5.15. The predicted octanol–water partition coefficient (Wildman–Crippen LogP) is 1.70. The summed E-state index contributed by atoms with van der Waals surface area (Å²) in [6, 6.07) is 2.62. The first-order valence-electron chi connectivity index (χ1n) is 7.15. The van der Waals surface area contributed by atoms with Crippen LogP contribution in [0.4, 0.5) is 5.82 Å². The second kappa shape index (κ2) is 5.57. The fourth-order valence-corrected chi connectivity index (χ4v) is 2.77. The molecule has 0 radical (unpaired) electrons. The van der Waals surface area contributed by atoms with Gasteiger partial charge in [0.1, 0.15) is 5.52 Å². The third-order valence-electron chi connectivity index (χ3n) is 3.71. The molecule has 1 atom stereocenters. The van der Waals surface area contributed by atoms with Crippen LogP contribution in [-0.4, -0.2) is 40.3 Å². The molecular weight excluding hydrogens is 238 g/mol. The van der Waals surface area contributed by atoms with E-state index in [4.69, 9.17) is 0 Å². The maximum Gasteiger partial charge on any atom is 0.154 e. The largest absolute Gasteiger partial charge is 0.353 e. The fraction of sp³-hybridized carbons (Fsp3) is 0.571. The van der Waals surface area contributed by atoms with Gasteiger partial charge >= 0.3 is 0 Å². The molecule has 2 aromatic rings. The Bertz CT molecular complexity index is 535. The molecule has 1 fully saturated rings. The fourth-order valence-electron chi connectivity index (χ4n) is 2.77. The zero-order valence-corrected chi connectivity index (χ0v) is 11.4. The average Bonchev–Trinajstić information content (AvgIpc) is 2.93. The zero-order valence-electron chi connectivity index (χ0n) is 11.4. The maximum atomic E-state index is 4.55. The molecule has 3 rings (SSSR count). The van der Waals surface area contributed by atoms with Gasteiger partial charge in [0.05, 0.1) is 6.20 Å². The second-order valence-corrected chi connectivity index (χ2v) is 5.15. The van der Waals surface area contributed by atoms with Gasteiger partial charge < -0.3 is 10.2 Å². The summed E-state index contributed by atoms with van der Waals surface area (Å²) in [5.41, 5.74) is 1.10. The topological polar surface area (TPSA) is 45.5 Å². The highest BCUT2D eigenvalue weighted by Gasteiger charge is 2.21. The van der Waals surface area contributed by atoms with Crippen LogP contribution in [0.5, 0.6) is 0 Å². The molecule has 0 aromatic carbocycles. The van der Waals surface area contributed by atoms with Gasteiger partial charge in [-0.15, -0.1) is 0 Å². The number of rotatable bonds is 4. The average molecular weight is 259 g/mol. The molecule has 1 aliphatic rings. The van der Waals surface area contributed by atoms with Crippen molar-refractivity contribution >= 4 is 11.3 Å². The molecule has 5 heteroatoms. The molecular formula is C14H21N5. The van der Waals surface area contributed by atoms with E-state index in [9.17, 15) is 0 Å². The van der Waals surface area contributed by atoms with Crippen molar-refractivity contribution in [3.05, 3.63) is 24.7 Å². The molecule has 1 N–H and O–H groups in total. The van der Waals surface area contributed by atoms with Crippen LogP contribution in [0.15, 0.2) is 24.7 Å². The Balaban J connectivity index is 1.79. The van der Waals surface area contributed by atoms with Gasteiger partial charge in [0.25, 0.3) is 0 Å². The van der Waals surface area contributed by atoms with Crippen LogP contribution in [0, 0.1) is 0 Å². The highest BCUT2D eigenvalue weighted by Crippen LogP contribution is 2.22. The van der Waals surface area contributed by atoms with Crippen LogP contribution < -0.4 is 10.2 Å². The third-order valence-corrected chi connectivity index (χ3v) is 3.71. The van der Waals surface area contributed by atoms with Crippen molar-refractivity contribution in [3.63, 3.8) is 0 Å². The van der Waals surface area contributed by atoms with Gasteiger partial charge in [-0.1, -0.05) is 6.92 Å². The molecule has 0 amide bonds. The Kier molecular flexibility index (Phi) is 3.64. The number of fused-ring (bicyclic) bond motifs is 1. The molecule has 2 aromatic heterocycles. The maximum absolute atomic E-state index is 4.55. The van der Waals surface area contributed by atoms with E-state index in [-0.39, 0.29) is 0 Å². The molecule has 1 aliphatic heterocycles. The number of piperidine rings is 1. The number of hydrogen-bond donors (Lipinski definition) is 1. The first-order valence-corrected chi connectivity index (χ1v) is 7.15. The summed E-state index contributed by atoms with van der Waals surface area (Å²) in [5, 5.41) is 7.90. The molecule has 3 heterocycles. The minimum absolute atomic E-state index is 0.582. The predicted molar refractivity (Wildman–Crippen MR) is 76.5 cm³/mol. The van der Waals surface area contributed by atoms with Crippen molar-refractivity contribution < 1.29 is 0 Å². The van der Waals surface area contributed by atoms with Crippen LogP contribution in [0.25, 0.3) is 5.52 Å². The van der Waals surface area contributed by atoms with Gasteiger partial charge in [-0.05, 0) is 31.9 Å². The van der Waals surface area contributed by atoms with E-state index in [2.05, 4.69) is 27.2 Å². The molecule has 102 valence electrons. The monoisotopic (exact) mass is 259 g/mol. The lowest BCUT2D eigenvalue weighted by Gasteiger charge is -2.34. The Labute approximate surface area is 113 Å². The molecule has 1 unspecified atom stereocenters. The van der Waals surface area contributed by atoms with Crippen LogP contribution in [0.2, 0.25) is 0 Å². The quantitative estimate of drug-likeness (QED) is 0.907. The summed E-state index contributed by atoms with van der Waals surface area (Å²) in [5.74, 6) is 1.06. The Hall–Kier alpha value is -1.62. The van der Waals surface area contributed by atoms with E-state index in [1.807, 2.05) is 29.2 Å². The van der Waals surface area contributed by atoms with E-state index in [0.29, 0.717) is 6.04 Å². The third kappa shape index (κ3) is 2.56. The highest BCUT2D eigenvalue weighted by atomic mass is 15.3. The van der Waals surface area contributed by atoms with Crippen molar-refractivity contribution in [2.24, 2.45) is 0 Å². The Morgan fingerprint density at radius 2 is 2.37 bits per heavy atom. The van der Waals surface area contributed by atoms with E-state index in [0.717, 1.165) is 31.0 Å². The standard InChI is InChI=1S/C14H21N5/c1-2-6-15-12-4-3-9-18(11-12)14-13-5-7-17-19(13)10-8-16-14/h5,7-8,10,12,15H,2-4,6,9,11H2,1H3. The smallest absolute Gasteiger partial charge is 0.154 e. The first-order chi connectivity index (χ1) is 9.38. The number of nitrogens with zero attached hydrogens (tertiary/aromatic N) is 4. The number of nitrogens with one attached hydrogen (secondary N) is 1. The van der Waals surface area contributed by atoms with Crippen LogP contribution in [0.3, 0.4) is 0 Å². The zero-order chi connectivity index (χ0) is 13.1. The van der Waals surface area contributed by atoms with Crippen molar-refractivity contribution in [1.82, 2.24) is 19.9 Å². The normalized spacial score (nSPS) is 20.1. The van der Waals surface area contributed by atoms with E-state index in [1.165, 1.54) is 19.3 Å². The minimum Gasteiger partial charge on any atom is -0.353 e. The Morgan fingerprint density at radius 3 is 3.26 bits per heavy atom. The minimum atomic E-state index is 0.582. The van der Waals surface area contributed by atoms with Crippen LogP contribution in [0.1, 0.15) is 26.2 Å². The summed E-state index contributed by atoms with van der Waals surface area (Å²) < 4.78 is 1.89. The van der Waals surface area contributed by atoms with Crippen molar-refractivity contribution in [2.75, 3.05) is 24.5 Å².